The summed E-state index contributed by atoms with van der Waals surface area (Å²) in [5.74, 6) is -0.684. The van der Waals surface area contributed by atoms with Crippen LogP contribution in [-0.2, 0) is 16.1 Å². The quantitative estimate of drug-likeness (QED) is 0.666. The lowest BCUT2D eigenvalue weighted by atomic mass is 10.2. The van der Waals surface area contributed by atoms with Crippen LogP contribution < -0.4 is 5.73 Å². The molecule has 76 valence electrons. The fourth-order valence-electron chi connectivity index (χ4n) is 0.921. The Labute approximate surface area is 82.3 Å². The lowest BCUT2D eigenvalue weighted by Gasteiger charge is -2.08. The second kappa shape index (κ2) is 5.36. The summed E-state index contributed by atoms with van der Waals surface area (Å²) in [7, 11) is 0. The topological polar surface area (TPSA) is 72.5 Å². The molecule has 1 aromatic rings. The first kappa shape index (κ1) is 10.7. The average Bonchev–Trinajstić information content (AvgIpc) is 2.26. The van der Waals surface area contributed by atoms with Crippen LogP contribution in [0.1, 0.15) is 5.56 Å². The van der Waals surface area contributed by atoms with Gasteiger partial charge in [-0.25, -0.2) is 4.79 Å². The second-order valence-electron chi connectivity index (χ2n) is 2.84. The standard InChI is InChI=1S/C10H13NO3/c11-6-9(12)10(13)14-7-8-4-2-1-3-5-8/h1-5,9,12H,6-7,11H2/t9-/m0/s1. The number of carbonyl (C=O) groups excluding carboxylic acids is 1. The second-order valence-corrected chi connectivity index (χ2v) is 2.84. The molecular formula is C10H13NO3. The van der Waals surface area contributed by atoms with Gasteiger partial charge in [0.1, 0.15) is 6.61 Å². The Bertz CT molecular complexity index is 287. The first-order chi connectivity index (χ1) is 6.74. The van der Waals surface area contributed by atoms with Crippen LogP contribution in [0.4, 0.5) is 0 Å². The minimum atomic E-state index is -1.22. The van der Waals surface area contributed by atoms with Crippen LogP contribution >= 0.6 is 0 Å². The van der Waals surface area contributed by atoms with E-state index >= 15 is 0 Å². The average molecular weight is 195 g/mol. The normalized spacial score (nSPS) is 12.1. The van der Waals surface area contributed by atoms with E-state index in [0.29, 0.717) is 0 Å². The van der Waals surface area contributed by atoms with Crippen LogP contribution in [0.3, 0.4) is 0 Å². The molecule has 1 atom stereocenters. The molecule has 0 aliphatic carbocycles. The molecule has 0 saturated carbocycles. The molecule has 0 heterocycles. The number of carbonyl (C=O) groups is 1. The van der Waals surface area contributed by atoms with Crippen molar-refractivity contribution in [2.45, 2.75) is 12.7 Å². The molecule has 0 radical (unpaired) electrons. The van der Waals surface area contributed by atoms with Crippen molar-refractivity contribution >= 4 is 5.97 Å². The molecule has 0 aliphatic rings. The van der Waals surface area contributed by atoms with Crippen LogP contribution in [0.15, 0.2) is 30.3 Å². The van der Waals surface area contributed by atoms with Crippen LogP contribution in [-0.4, -0.2) is 23.7 Å². The smallest absolute Gasteiger partial charge is 0.336 e. The Kier molecular flexibility index (Phi) is 4.10. The number of hydrogen-bond donors (Lipinski definition) is 2. The van der Waals surface area contributed by atoms with E-state index in [0.717, 1.165) is 5.56 Å². The zero-order chi connectivity index (χ0) is 10.4. The zero-order valence-electron chi connectivity index (χ0n) is 7.72. The van der Waals surface area contributed by atoms with Crippen molar-refractivity contribution < 1.29 is 14.6 Å². The van der Waals surface area contributed by atoms with E-state index in [4.69, 9.17) is 15.6 Å². The molecule has 0 spiro atoms. The Balaban J connectivity index is 2.38. The van der Waals surface area contributed by atoms with Gasteiger partial charge in [0, 0.05) is 6.54 Å². The monoisotopic (exact) mass is 195 g/mol. The minimum Gasteiger partial charge on any atom is -0.459 e. The van der Waals surface area contributed by atoms with Crippen molar-refractivity contribution in [3.05, 3.63) is 35.9 Å². The van der Waals surface area contributed by atoms with Gasteiger partial charge in [-0.05, 0) is 5.56 Å². The zero-order valence-corrected chi connectivity index (χ0v) is 7.72. The first-order valence-corrected chi connectivity index (χ1v) is 4.32. The summed E-state index contributed by atoms with van der Waals surface area (Å²) in [6.45, 7) is 0.0460. The van der Waals surface area contributed by atoms with Gasteiger partial charge in [0.05, 0.1) is 0 Å². The predicted octanol–water partition coefficient (Wildman–Crippen LogP) is 0.0494. The van der Waals surface area contributed by atoms with Crippen molar-refractivity contribution in [1.82, 2.24) is 0 Å². The molecular weight excluding hydrogens is 182 g/mol. The molecule has 0 aromatic heterocycles. The number of esters is 1. The number of benzene rings is 1. The third-order valence-electron chi connectivity index (χ3n) is 1.72. The molecule has 0 unspecified atom stereocenters. The van der Waals surface area contributed by atoms with Gasteiger partial charge in [-0.1, -0.05) is 30.3 Å². The Hall–Kier alpha value is -1.39. The van der Waals surface area contributed by atoms with Gasteiger partial charge < -0.3 is 15.6 Å². The summed E-state index contributed by atoms with van der Waals surface area (Å²) >= 11 is 0. The summed E-state index contributed by atoms with van der Waals surface area (Å²) in [5, 5.41) is 9.00. The third kappa shape index (κ3) is 3.16. The highest BCUT2D eigenvalue weighted by Crippen LogP contribution is 2.01. The largest absolute Gasteiger partial charge is 0.459 e. The summed E-state index contributed by atoms with van der Waals surface area (Å²) < 4.78 is 4.81. The molecule has 0 saturated heterocycles. The lowest BCUT2D eigenvalue weighted by Crippen LogP contribution is -2.30. The number of aliphatic hydroxyl groups is 1. The van der Waals surface area contributed by atoms with Crippen LogP contribution in [0.5, 0.6) is 0 Å². The van der Waals surface area contributed by atoms with E-state index in [9.17, 15) is 4.79 Å². The van der Waals surface area contributed by atoms with Gasteiger partial charge in [0.2, 0.25) is 0 Å². The molecule has 0 aliphatic heterocycles. The highest BCUT2D eigenvalue weighted by Gasteiger charge is 2.13. The molecule has 3 N–H and O–H groups in total. The summed E-state index contributed by atoms with van der Waals surface area (Å²) in [6, 6.07) is 9.25. The van der Waals surface area contributed by atoms with Crippen molar-refractivity contribution in [2.24, 2.45) is 5.73 Å². The fraction of sp³-hybridized carbons (Fsp3) is 0.300. The van der Waals surface area contributed by atoms with Crippen molar-refractivity contribution in [1.29, 1.82) is 0 Å². The fourth-order valence-corrected chi connectivity index (χ4v) is 0.921. The number of rotatable bonds is 4. The third-order valence-corrected chi connectivity index (χ3v) is 1.72. The van der Waals surface area contributed by atoms with E-state index in [1.54, 1.807) is 0 Å². The SMILES string of the molecule is NC[C@H](O)C(=O)OCc1ccccc1. The summed E-state index contributed by atoms with van der Waals surface area (Å²) in [6.07, 6.45) is -1.22. The van der Waals surface area contributed by atoms with E-state index in [2.05, 4.69) is 0 Å². The van der Waals surface area contributed by atoms with Crippen molar-refractivity contribution in [3.8, 4) is 0 Å². The Morgan fingerprint density at radius 3 is 2.64 bits per heavy atom. The van der Waals surface area contributed by atoms with Crippen molar-refractivity contribution in [3.63, 3.8) is 0 Å². The summed E-state index contributed by atoms with van der Waals surface area (Å²) in [5.41, 5.74) is 5.97. The van der Waals surface area contributed by atoms with Gasteiger partial charge in [0.15, 0.2) is 6.10 Å². The first-order valence-electron chi connectivity index (χ1n) is 4.32. The van der Waals surface area contributed by atoms with Gasteiger partial charge in [-0.15, -0.1) is 0 Å². The number of aliphatic hydroxyl groups excluding tert-OH is 1. The molecule has 0 bridgehead atoms. The van der Waals surface area contributed by atoms with E-state index < -0.39 is 12.1 Å². The van der Waals surface area contributed by atoms with Crippen LogP contribution in [0.2, 0.25) is 0 Å². The van der Waals surface area contributed by atoms with Gasteiger partial charge >= 0.3 is 5.97 Å². The Morgan fingerprint density at radius 1 is 1.43 bits per heavy atom. The number of nitrogens with two attached hydrogens (primary N) is 1. The van der Waals surface area contributed by atoms with Gasteiger partial charge in [-0.2, -0.15) is 0 Å². The maximum absolute atomic E-state index is 11.0. The molecule has 0 amide bonds. The van der Waals surface area contributed by atoms with Gasteiger partial charge in [0.25, 0.3) is 0 Å². The predicted molar refractivity (Wildman–Crippen MR) is 51.3 cm³/mol. The highest BCUT2D eigenvalue weighted by molar-refractivity contribution is 5.74. The van der Waals surface area contributed by atoms with Crippen LogP contribution in [0.25, 0.3) is 0 Å². The highest BCUT2D eigenvalue weighted by atomic mass is 16.5. The molecule has 1 rings (SSSR count). The number of ether oxygens (including phenoxy) is 1. The van der Waals surface area contributed by atoms with E-state index in [1.807, 2.05) is 30.3 Å². The molecule has 1 aromatic carbocycles. The summed E-state index contributed by atoms with van der Waals surface area (Å²) in [4.78, 5) is 11.0. The van der Waals surface area contributed by atoms with E-state index in [-0.39, 0.29) is 13.2 Å². The molecule has 4 nitrogen and oxygen atoms in total. The lowest BCUT2D eigenvalue weighted by molar-refractivity contribution is -0.154. The van der Waals surface area contributed by atoms with Crippen LogP contribution in [0, 0.1) is 0 Å². The number of hydrogen-bond acceptors (Lipinski definition) is 4. The molecule has 4 heteroatoms. The maximum Gasteiger partial charge on any atom is 0.336 e. The Morgan fingerprint density at radius 2 is 2.07 bits per heavy atom. The molecule has 14 heavy (non-hydrogen) atoms. The van der Waals surface area contributed by atoms with Gasteiger partial charge in [-0.3, -0.25) is 0 Å². The maximum atomic E-state index is 11.0. The minimum absolute atomic E-state index is 0.117. The van der Waals surface area contributed by atoms with Crippen molar-refractivity contribution in [2.75, 3.05) is 6.54 Å². The molecule has 0 fully saturated rings. The van der Waals surface area contributed by atoms with E-state index in [1.165, 1.54) is 0 Å².